The van der Waals surface area contributed by atoms with E-state index in [1.54, 1.807) is 24.7 Å². The number of rotatable bonds is 7. The molecular formula is C25H25N5O. The van der Waals surface area contributed by atoms with E-state index < -0.39 is 0 Å². The number of nitrogens with one attached hydrogen (secondary N) is 1. The van der Waals surface area contributed by atoms with Gasteiger partial charge < -0.3 is 10.1 Å². The molecule has 0 atom stereocenters. The van der Waals surface area contributed by atoms with E-state index in [4.69, 9.17) is 9.72 Å². The van der Waals surface area contributed by atoms with Crippen molar-refractivity contribution in [3.63, 3.8) is 0 Å². The molecule has 1 N–H and O–H groups in total. The molecule has 0 saturated carbocycles. The minimum atomic E-state index is 0.528. The summed E-state index contributed by atoms with van der Waals surface area (Å²) in [6, 6.07) is 19.2. The summed E-state index contributed by atoms with van der Waals surface area (Å²) in [6.45, 7) is 5.26. The number of aromatic nitrogens is 3. The van der Waals surface area contributed by atoms with E-state index in [1.165, 1.54) is 0 Å². The van der Waals surface area contributed by atoms with Gasteiger partial charge in [0.2, 0.25) is 0 Å². The van der Waals surface area contributed by atoms with E-state index in [9.17, 15) is 5.26 Å². The summed E-state index contributed by atoms with van der Waals surface area (Å²) in [4.78, 5) is 13.5. The minimum absolute atomic E-state index is 0.528. The van der Waals surface area contributed by atoms with Crippen molar-refractivity contribution in [1.82, 2.24) is 15.0 Å². The van der Waals surface area contributed by atoms with E-state index >= 15 is 0 Å². The molecule has 31 heavy (non-hydrogen) atoms. The lowest BCUT2D eigenvalue weighted by Gasteiger charge is -2.12. The van der Waals surface area contributed by atoms with Gasteiger partial charge in [-0.2, -0.15) is 5.26 Å². The van der Waals surface area contributed by atoms with Crippen molar-refractivity contribution in [3.05, 3.63) is 78.8 Å². The van der Waals surface area contributed by atoms with Crippen LogP contribution in [0.15, 0.2) is 73.2 Å². The van der Waals surface area contributed by atoms with Gasteiger partial charge in [-0.05, 0) is 54.8 Å². The third-order valence-corrected chi connectivity index (χ3v) is 4.38. The summed E-state index contributed by atoms with van der Waals surface area (Å²) in [5.41, 5.74) is 3.05. The van der Waals surface area contributed by atoms with E-state index in [0.717, 1.165) is 23.1 Å². The van der Waals surface area contributed by atoms with Crippen LogP contribution < -0.4 is 10.1 Å². The molecule has 2 aromatic heterocycles. The van der Waals surface area contributed by atoms with Gasteiger partial charge >= 0.3 is 0 Å². The molecule has 0 saturated heterocycles. The standard InChI is InChI=1S/C25H25N5O/c1-3-15-31-23-16-19(22-12-6-5-9-20(22)17-26)10-8-14-29-24(30-25(23)28-4-2)21-11-7-13-27-18-21/h5-14,16,18H,3-4,15H2,1-2H3,(H,28,29,30). The molecule has 0 unspecified atom stereocenters. The van der Waals surface area contributed by atoms with Crippen molar-refractivity contribution in [2.45, 2.75) is 20.3 Å². The van der Waals surface area contributed by atoms with Gasteiger partial charge in [0.15, 0.2) is 17.4 Å². The highest BCUT2D eigenvalue weighted by Gasteiger charge is 2.09. The number of benzene rings is 1. The second-order valence-corrected chi connectivity index (χ2v) is 6.66. The quantitative estimate of drug-likeness (QED) is 0.559. The summed E-state index contributed by atoms with van der Waals surface area (Å²) < 4.78 is 6.09. The molecule has 0 fully saturated rings. The fourth-order valence-corrected chi connectivity index (χ4v) is 2.96. The Hall–Kier alpha value is -3.98. The lowest BCUT2D eigenvalue weighted by Crippen LogP contribution is -2.04. The highest BCUT2D eigenvalue weighted by molar-refractivity contribution is 5.72. The molecule has 156 valence electrons. The Morgan fingerprint density at radius 2 is 1.81 bits per heavy atom. The molecule has 3 aromatic rings. The Labute approximate surface area is 182 Å². The fourth-order valence-electron chi connectivity index (χ4n) is 2.96. The van der Waals surface area contributed by atoms with Gasteiger partial charge in [0.1, 0.15) is 0 Å². The molecule has 0 amide bonds. The highest BCUT2D eigenvalue weighted by Crippen LogP contribution is 2.29. The predicted molar refractivity (Wildman–Crippen MR) is 123 cm³/mol. The summed E-state index contributed by atoms with van der Waals surface area (Å²) >= 11 is 0. The molecular weight excluding hydrogens is 386 g/mol. The number of pyridine rings is 1. The average molecular weight is 412 g/mol. The van der Waals surface area contributed by atoms with Gasteiger partial charge in [0.25, 0.3) is 0 Å². The summed E-state index contributed by atoms with van der Waals surface area (Å²) in [7, 11) is 0. The van der Waals surface area contributed by atoms with Crippen LogP contribution in [0.5, 0.6) is 5.75 Å². The second kappa shape index (κ2) is 11.3. The van der Waals surface area contributed by atoms with Gasteiger partial charge in [-0.15, -0.1) is 0 Å². The van der Waals surface area contributed by atoms with Crippen LogP contribution in [0.2, 0.25) is 0 Å². The first-order valence-corrected chi connectivity index (χ1v) is 10.3. The van der Waals surface area contributed by atoms with Crippen molar-refractivity contribution in [2.24, 2.45) is 0 Å². The Morgan fingerprint density at radius 1 is 1.00 bits per heavy atom. The normalized spacial score (nSPS) is 9.97. The van der Waals surface area contributed by atoms with Crippen molar-refractivity contribution < 1.29 is 4.74 Å². The Kier molecular flexibility index (Phi) is 7.90. The Morgan fingerprint density at radius 3 is 2.55 bits per heavy atom. The Bertz CT molecular complexity index is 1110. The van der Waals surface area contributed by atoms with Crippen LogP contribution >= 0.6 is 0 Å². The molecule has 0 bridgehead atoms. The summed E-state index contributed by atoms with van der Waals surface area (Å²) in [6.07, 6.45) is 5.99. The van der Waals surface area contributed by atoms with Crippen LogP contribution in [-0.2, 0) is 0 Å². The minimum Gasteiger partial charge on any atom is -0.490 e. The van der Waals surface area contributed by atoms with Crippen molar-refractivity contribution in [3.8, 4) is 34.3 Å². The molecule has 0 radical (unpaired) electrons. The third-order valence-electron chi connectivity index (χ3n) is 4.38. The van der Waals surface area contributed by atoms with E-state index in [2.05, 4.69) is 28.3 Å². The van der Waals surface area contributed by atoms with E-state index in [-0.39, 0.29) is 0 Å². The molecule has 0 aliphatic rings. The molecule has 0 aliphatic carbocycles. The topological polar surface area (TPSA) is 83.7 Å². The zero-order chi connectivity index (χ0) is 21.9. The molecule has 1 aromatic carbocycles. The summed E-state index contributed by atoms with van der Waals surface area (Å²) in [5.74, 6) is 1.70. The maximum atomic E-state index is 9.57. The van der Waals surface area contributed by atoms with Crippen LogP contribution in [-0.4, -0.2) is 28.1 Å². The number of hydrogen-bond donors (Lipinski definition) is 1. The predicted octanol–water partition coefficient (Wildman–Crippen LogP) is 5.42. The maximum absolute atomic E-state index is 9.57. The number of hydrogen-bond acceptors (Lipinski definition) is 6. The molecule has 6 nitrogen and oxygen atoms in total. The van der Waals surface area contributed by atoms with E-state index in [0.29, 0.717) is 36.1 Å². The first kappa shape index (κ1) is 21.7. The SMILES string of the molecule is CCCOc1cc(-c2ccccc2C#N)cccnc(-c2cccnc2)nc1NCC. The lowest BCUT2D eigenvalue weighted by molar-refractivity contribution is 0.318. The second-order valence-electron chi connectivity index (χ2n) is 6.66. The van der Waals surface area contributed by atoms with Crippen LogP contribution in [0, 0.1) is 11.3 Å². The van der Waals surface area contributed by atoms with Crippen molar-refractivity contribution >= 4 is 5.82 Å². The van der Waals surface area contributed by atoms with Crippen LogP contribution in [0.4, 0.5) is 5.82 Å². The maximum Gasteiger partial charge on any atom is 0.171 e. The number of anilines is 1. The van der Waals surface area contributed by atoms with Gasteiger partial charge in [0.05, 0.1) is 18.2 Å². The zero-order valence-corrected chi connectivity index (χ0v) is 17.7. The van der Waals surface area contributed by atoms with Crippen LogP contribution in [0.25, 0.3) is 22.5 Å². The zero-order valence-electron chi connectivity index (χ0n) is 17.7. The van der Waals surface area contributed by atoms with Gasteiger partial charge in [-0.3, -0.25) is 4.98 Å². The molecule has 6 heteroatoms. The third kappa shape index (κ3) is 5.77. The monoisotopic (exact) mass is 411 g/mol. The lowest BCUT2D eigenvalue weighted by atomic mass is 10.0. The number of nitriles is 1. The van der Waals surface area contributed by atoms with Crippen LogP contribution in [0.1, 0.15) is 25.8 Å². The average Bonchev–Trinajstić information content (AvgIpc) is 2.82. The molecule has 2 heterocycles. The van der Waals surface area contributed by atoms with Crippen molar-refractivity contribution in [2.75, 3.05) is 18.5 Å². The first-order valence-electron chi connectivity index (χ1n) is 10.3. The molecule has 0 aliphatic heterocycles. The van der Waals surface area contributed by atoms with E-state index in [1.807, 2.05) is 55.5 Å². The number of nitrogens with zero attached hydrogens (tertiary/aromatic N) is 4. The van der Waals surface area contributed by atoms with Gasteiger partial charge in [-0.1, -0.05) is 31.2 Å². The highest BCUT2D eigenvalue weighted by atomic mass is 16.5. The largest absolute Gasteiger partial charge is 0.490 e. The fraction of sp³-hybridized carbons (Fsp3) is 0.200. The van der Waals surface area contributed by atoms with Crippen LogP contribution in [0.3, 0.4) is 0 Å². The Balaban J connectivity index is 2.30. The first-order chi connectivity index (χ1) is 15.3. The molecule has 0 spiro atoms. The van der Waals surface area contributed by atoms with Crippen molar-refractivity contribution in [1.29, 1.82) is 5.26 Å². The molecule has 3 rings (SSSR count). The van der Waals surface area contributed by atoms with Gasteiger partial charge in [0, 0.05) is 30.7 Å². The summed E-state index contributed by atoms with van der Waals surface area (Å²) in [5, 5.41) is 12.9. The smallest absolute Gasteiger partial charge is 0.171 e. The van der Waals surface area contributed by atoms with Gasteiger partial charge in [-0.25, -0.2) is 9.97 Å². The number of ether oxygens (including phenoxy) is 1.